The van der Waals surface area contributed by atoms with Gasteiger partial charge in [0.1, 0.15) is 5.75 Å². The number of rotatable bonds is 3. The first kappa shape index (κ1) is 24.3. The Morgan fingerprint density at radius 1 is 0.969 bits per heavy atom. The largest absolute Gasteiger partial charge is 0.496 e. The second-order valence-corrected chi connectivity index (χ2v) is 10.9. The predicted octanol–water partition coefficient (Wildman–Crippen LogP) is 7.40. The van der Waals surface area contributed by atoms with Crippen molar-refractivity contribution < 1.29 is 9.53 Å². The Morgan fingerprint density at radius 2 is 1.62 bits per heavy atom. The molecule has 2 aromatic rings. The predicted molar refractivity (Wildman–Crippen MR) is 135 cm³/mol. The van der Waals surface area contributed by atoms with Crippen molar-refractivity contribution in [1.82, 2.24) is 0 Å². The van der Waals surface area contributed by atoms with Gasteiger partial charge in [-0.05, 0) is 53.7 Å². The molecule has 0 aliphatic carbocycles. The van der Waals surface area contributed by atoms with Gasteiger partial charge < -0.3 is 4.74 Å². The molecule has 0 spiro atoms. The molecule has 3 rings (SSSR count). The van der Waals surface area contributed by atoms with Crippen LogP contribution in [0.3, 0.4) is 0 Å². The Bertz CT molecular complexity index is 1140. The summed E-state index contributed by atoms with van der Waals surface area (Å²) < 4.78 is 5.85. The fourth-order valence-electron chi connectivity index (χ4n) is 3.61. The standard InChI is InChI=1S/C26H30Cl2N2O2/c1-15-19(24(31)30(29-15)18-9-10-21(27)22(28)14-18)12-16-11-17(25(2,3)4)13-20(23(16)32-8)26(5,6)7/h9-14H,1-8H3/b19-12+. The molecule has 0 radical (unpaired) electrons. The van der Waals surface area contributed by atoms with Crippen LogP contribution in [-0.4, -0.2) is 18.7 Å². The molecule has 0 N–H and O–H groups in total. The van der Waals surface area contributed by atoms with E-state index in [4.69, 9.17) is 27.9 Å². The fraction of sp³-hybridized carbons (Fsp3) is 0.385. The molecule has 170 valence electrons. The molecule has 0 saturated heterocycles. The highest BCUT2D eigenvalue weighted by atomic mass is 35.5. The van der Waals surface area contributed by atoms with Crippen LogP contribution in [0.5, 0.6) is 5.75 Å². The first-order valence-electron chi connectivity index (χ1n) is 10.5. The lowest BCUT2D eigenvalue weighted by atomic mass is 9.78. The number of methoxy groups -OCH3 is 1. The van der Waals surface area contributed by atoms with Crippen molar-refractivity contribution in [3.63, 3.8) is 0 Å². The van der Waals surface area contributed by atoms with Gasteiger partial charge in [0.2, 0.25) is 0 Å². The van der Waals surface area contributed by atoms with Crippen LogP contribution in [-0.2, 0) is 15.6 Å². The number of ether oxygens (including phenoxy) is 1. The van der Waals surface area contributed by atoms with Gasteiger partial charge in [-0.15, -0.1) is 0 Å². The summed E-state index contributed by atoms with van der Waals surface area (Å²) in [5, 5.41) is 6.63. The number of benzene rings is 2. The molecule has 4 nitrogen and oxygen atoms in total. The van der Waals surface area contributed by atoms with Crippen molar-refractivity contribution in [3.8, 4) is 5.75 Å². The van der Waals surface area contributed by atoms with Crippen LogP contribution in [0, 0.1) is 0 Å². The first-order chi connectivity index (χ1) is 14.7. The molecule has 1 amide bonds. The summed E-state index contributed by atoms with van der Waals surface area (Å²) in [4.78, 5) is 13.3. The van der Waals surface area contributed by atoms with Gasteiger partial charge in [-0.1, -0.05) is 70.8 Å². The number of hydrogen-bond acceptors (Lipinski definition) is 3. The molecular formula is C26H30Cl2N2O2. The lowest BCUT2D eigenvalue weighted by molar-refractivity contribution is -0.114. The average molecular weight is 473 g/mol. The van der Waals surface area contributed by atoms with E-state index in [-0.39, 0.29) is 16.7 Å². The van der Waals surface area contributed by atoms with Gasteiger partial charge in [-0.2, -0.15) is 10.1 Å². The number of hydrazone groups is 1. The van der Waals surface area contributed by atoms with Crippen molar-refractivity contribution >= 4 is 46.6 Å². The molecule has 2 aromatic carbocycles. The fourth-order valence-corrected chi connectivity index (χ4v) is 3.90. The third-order valence-electron chi connectivity index (χ3n) is 5.51. The average Bonchev–Trinajstić information content (AvgIpc) is 2.96. The van der Waals surface area contributed by atoms with E-state index in [0.29, 0.717) is 27.0 Å². The minimum absolute atomic E-state index is 0.0611. The maximum absolute atomic E-state index is 13.3. The topological polar surface area (TPSA) is 41.9 Å². The number of carbonyl (C=O) groups excluding carboxylic acids is 1. The van der Waals surface area contributed by atoms with Gasteiger partial charge in [0.25, 0.3) is 5.91 Å². The molecule has 0 unspecified atom stereocenters. The highest BCUT2D eigenvalue weighted by Crippen LogP contribution is 2.40. The van der Waals surface area contributed by atoms with Gasteiger partial charge in [0.05, 0.1) is 34.1 Å². The van der Waals surface area contributed by atoms with Crippen LogP contribution in [0.25, 0.3) is 6.08 Å². The minimum atomic E-state index is -0.221. The number of hydrogen-bond donors (Lipinski definition) is 0. The van der Waals surface area contributed by atoms with E-state index in [0.717, 1.165) is 16.9 Å². The van der Waals surface area contributed by atoms with E-state index < -0.39 is 0 Å². The quantitative estimate of drug-likeness (QED) is 0.436. The number of halogens is 2. The summed E-state index contributed by atoms with van der Waals surface area (Å²) in [5.41, 5.74) is 4.65. The summed E-state index contributed by atoms with van der Waals surface area (Å²) in [6, 6.07) is 9.33. The second kappa shape index (κ2) is 8.57. The molecule has 6 heteroatoms. The SMILES string of the molecule is COc1c(/C=C2/C(=O)N(c3ccc(Cl)c(Cl)c3)N=C2C)cc(C(C)(C)C)cc1C(C)(C)C. The molecule has 32 heavy (non-hydrogen) atoms. The molecule has 1 aliphatic rings. The molecule has 1 aliphatic heterocycles. The van der Waals surface area contributed by atoms with Crippen molar-refractivity contribution in [3.05, 3.63) is 62.6 Å². The zero-order chi connectivity index (χ0) is 24.0. The van der Waals surface area contributed by atoms with Crippen LogP contribution >= 0.6 is 23.2 Å². The van der Waals surface area contributed by atoms with E-state index in [1.165, 1.54) is 10.6 Å². The normalized spacial score (nSPS) is 16.1. The van der Waals surface area contributed by atoms with Crippen LogP contribution in [0.1, 0.15) is 65.2 Å². The van der Waals surface area contributed by atoms with Gasteiger partial charge in [0, 0.05) is 11.1 Å². The highest BCUT2D eigenvalue weighted by Gasteiger charge is 2.31. The molecule has 0 aromatic heterocycles. The van der Waals surface area contributed by atoms with Gasteiger partial charge >= 0.3 is 0 Å². The molecule has 0 saturated carbocycles. The smallest absolute Gasteiger partial charge is 0.280 e. The zero-order valence-corrected chi connectivity index (χ0v) is 21.4. The summed E-state index contributed by atoms with van der Waals surface area (Å²) in [5.74, 6) is 0.549. The summed E-state index contributed by atoms with van der Waals surface area (Å²) in [6.45, 7) is 14.8. The van der Waals surface area contributed by atoms with Crippen molar-refractivity contribution in [1.29, 1.82) is 0 Å². The maximum atomic E-state index is 13.3. The Kier molecular flexibility index (Phi) is 6.52. The van der Waals surface area contributed by atoms with E-state index in [1.807, 2.05) is 13.0 Å². The maximum Gasteiger partial charge on any atom is 0.280 e. The molecule has 0 atom stereocenters. The van der Waals surface area contributed by atoms with Crippen LogP contribution in [0.4, 0.5) is 5.69 Å². The van der Waals surface area contributed by atoms with Gasteiger partial charge in [-0.25, -0.2) is 0 Å². The monoisotopic (exact) mass is 472 g/mol. The van der Waals surface area contributed by atoms with Gasteiger partial charge in [-0.3, -0.25) is 4.79 Å². The van der Waals surface area contributed by atoms with E-state index in [2.05, 4.69) is 58.8 Å². The van der Waals surface area contributed by atoms with Crippen molar-refractivity contribution in [2.24, 2.45) is 5.10 Å². The summed E-state index contributed by atoms with van der Waals surface area (Å²) >= 11 is 12.2. The van der Waals surface area contributed by atoms with E-state index in [1.54, 1.807) is 25.3 Å². The zero-order valence-electron chi connectivity index (χ0n) is 19.9. The van der Waals surface area contributed by atoms with E-state index in [9.17, 15) is 4.79 Å². The highest BCUT2D eigenvalue weighted by molar-refractivity contribution is 6.42. The van der Waals surface area contributed by atoms with Crippen molar-refractivity contribution in [2.45, 2.75) is 59.3 Å². The minimum Gasteiger partial charge on any atom is -0.496 e. The Hall–Kier alpha value is -2.30. The number of nitrogens with zero attached hydrogens (tertiary/aromatic N) is 2. The number of amides is 1. The Labute approximate surface area is 200 Å². The Balaban J connectivity index is 2.16. The van der Waals surface area contributed by atoms with Gasteiger partial charge in [0.15, 0.2) is 0 Å². The third kappa shape index (κ3) is 4.72. The van der Waals surface area contributed by atoms with Crippen LogP contribution in [0.15, 0.2) is 41.0 Å². The number of anilines is 1. The molecule has 0 bridgehead atoms. The lowest BCUT2D eigenvalue weighted by Crippen LogP contribution is -2.21. The van der Waals surface area contributed by atoms with Crippen LogP contribution < -0.4 is 9.75 Å². The van der Waals surface area contributed by atoms with E-state index >= 15 is 0 Å². The van der Waals surface area contributed by atoms with Crippen LogP contribution in [0.2, 0.25) is 10.0 Å². The third-order valence-corrected chi connectivity index (χ3v) is 6.25. The second-order valence-electron chi connectivity index (χ2n) is 10.1. The number of carbonyl (C=O) groups is 1. The molecule has 0 fully saturated rings. The Morgan fingerprint density at radius 3 is 2.16 bits per heavy atom. The summed E-state index contributed by atoms with van der Waals surface area (Å²) in [7, 11) is 1.67. The lowest BCUT2D eigenvalue weighted by Gasteiger charge is -2.28. The van der Waals surface area contributed by atoms with Crippen molar-refractivity contribution in [2.75, 3.05) is 12.1 Å². The molecule has 1 heterocycles. The molecular weight excluding hydrogens is 443 g/mol. The summed E-state index contributed by atoms with van der Waals surface area (Å²) in [6.07, 6.45) is 1.88. The first-order valence-corrected chi connectivity index (χ1v) is 11.3.